The number of nitriles is 1. The molecule has 0 saturated heterocycles. The zero-order valence-electron chi connectivity index (χ0n) is 14.5. The van der Waals surface area contributed by atoms with Gasteiger partial charge in [0.1, 0.15) is 0 Å². The molecule has 1 rings (SSSR count). The summed E-state index contributed by atoms with van der Waals surface area (Å²) in [6.45, 7) is 13.9. The van der Waals surface area contributed by atoms with Crippen LogP contribution >= 0.6 is 0 Å². The largest absolute Gasteiger partial charge is 0.375 e. The first-order chi connectivity index (χ1) is 10.3. The lowest BCUT2D eigenvalue weighted by Gasteiger charge is -2.37. The molecule has 0 radical (unpaired) electrons. The third-order valence-electron chi connectivity index (χ3n) is 3.80. The van der Waals surface area contributed by atoms with Gasteiger partial charge in [-0.15, -0.1) is 0 Å². The van der Waals surface area contributed by atoms with Crippen molar-refractivity contribution in [3.05, 3.63) is 48.0 Å². The van der Waals surface area contributed by atoms with Gasteiger partial charge in [0.2, 0.25) is 0 Å². The van der Waals surface area contributed by atoms with Crippen LogP contribution in [0.5, 0.6) is 0 Å². The lowest BCUT2D eigenvalue weighted by Crippen LogP contribution is -2.53. The highest BCUT2D eigenvalue weighted by Crippen LogP contribution is 2.19. The fourth-order valence-electron chi connectivity index (χ4n) is 2.55. The molecular weight excluding hydrogens is 288 g/mol. The van der Waals surface area contributed by atoms with E-state index in [-0.39, 0.29) is 11.7 Å². The van der Waals surface area contributed by atoms with Gasteiger partial charge in [0.25, 0.3) is 0 Å². The van der Waals surface area contributed by atoms with Crippen molar-refractivity contribution < 1.29 is 4.74 Å². The summed E-state index contributed by atoms with van der Waals surface area (Å²) in [7, 11) is 0.418. The van der Waals surface area contributed by atoms with Crippen LogP contribution < -0.4 is 0 Å². The summed E-state index contributed by atoms with van der Waals surface area (Å²) < 4.78 is 5.88. The molecule has 0 heterocycles. The van der Waals surface area contributed by atoms with E-state index in [1.807, 2.05) is 32.2 Å². The Morgan fingerprint density at radius 2 is 1.91 bits per heavy atom. The Bertz CT molecular complexity index is 516. The molecule has 0 bridgehead atoms. The van der Waals surface area contributed by atoms with Crippen LogP contribution in [0.4, 0.5) is 0 Å². The summed E-state index contributed by atoms with van der Waals surface area (Å²) in [6.07, 6.45) is 0. The average molecular weight is 317 g/mol. The highest BCUT2D eigenvalue weighted by Gasteiger charge is 2.34. The zero-order valence-corrected chi connectivity index (χ0v) is 15.5. The SMILES string of the molecule is C=C(C)C(COCc1ccccc1)N(C)C(C#N)[Si](C)(C)C. The Labute approximate surface area is 136 Å². The van der Waals surface area contributed by atoms with Crippen LogP contribution in [0, 0.1) is 11.3 Å². The molecule has 22 heavy (non-hydrogen) atoms. The van der Waals surface area contributed by atoms with Crippen molar-refractivity contribution in [1.82, 2.24) is 4.90 Å². The molecule has 0 amide bonds. The van der Waals surface area contributed by atoms with Gasteiger partial charge < -0.3 is 4.74 Å². The summed E-state index contributed by atoms with van der Waals surface area (Å²) in [5.41, 5.74) is 2.15. The Kier molecular flexibility index (Phi) is 7.01. The molecule has 0 saturated carbocycles. The quantitative estimate of drug-likeness (QED) is 0.540. The van der Waals surface area contributed by atoms with Gasteiger partial charge in [-0.25, -0.2) is 0 Å². The van der Waals surface area contributed by atoms with E-state index >= 15 is 0 Å². The highest BCUT2D eigenvalue weighted by atomic mass is 28.3. The number of hydrogen-bond acceptors (Lipinski definition) is 3. The van der Waals surface area contributed by atoms with E-state index in [1.54, 1.807) is 0 Å². The summed E-state index contributed by atoms with van der Waals surface area (Å²) in [6, 6.07) is 12.7. The maximum absolute atomic E-state index is 9.54. The summed E-state index contributed by atoms with van der Waals surface area (Å²) in [5, 5.41) is 9.54. The van der Waals surface area contributed by atoms with Crippen molar-refractivity contribution in [3.8, 4) is 6.07 Å². The topological polar surface area (TPSA) is 36.3 Å². The Morgan fingerprint density at radius 3 is 2.36 bits per heavy atom. The monoisotopic (exact) mass is 316 g/mol. The second kappa shape index (κ2) is 8.28. The van der Waals surface area contributed by atoms with Crippen molar-refractivity contribution in [1.29, 1.82) is 5.26 Å². The Balaban J connectivity index is 2.69. The molecule has 0 aliphatic carbocycles. The van der Waals surface area contributed by atoms with Gasteiger partial charge in [0, 0.05) is 0 Å². The standard InChI is InChI=1S/C18H28N2OSi/c1-15(2)17(20(3)18(12-19)22(4,5)6)14-21-13-16-10-8-7-9-11-16/h7-11,17-18H,1,13-14H2,2-6H3. The molecule has 0 aliphatic rings. The number of rotatable bonds is 8. The predicted molar refractivity (Wildman–Crippen MR) is 95.2 cm³/mol. The zero-order chi connectivity index (χ0) is 16.8. The molecular formula is C18H28N2OSi. The van der Waals surface area contributed by atoms with Crippen LogP contribution in [-0.2, 0) is 11.3 Å². The molecule has 1 aromatic carbocycles. The van der Waals surface area contributed by atoms with Gasteiger partial charge in [0.15, 0.2) is 0 Å². The minimum absolute atomic E-state index is 0.0467. The number of hydrogen-bond donors (Lipinski definition) is 0. The van der Waals surface area contributed by atoms with E-state index in [0.29, 0.717) is 13.2 Å². The summed E-state index contributed by atoms with van der Waals surface area (Å²) in [5.74, 6) is 0. The van der Waals surface area contributed by atoms with Crippen LogP contribution in [0.2, 0.25) is 19.6 Å². The second-order valence-corrected chi connectivity index (χ2v) is 12.2. The van der Waals surface area contributed by atoms with Crippen molar-refractivity contribution in [2.24, 2.45) is 0 Å². The number of ether oxygens (including phenoxy) is 1. The molecule has 2 atom stereocenters. The van der Waals surface area contributed by atoms with E-state index in [2.05, 4.69) is 49.3 Å². The van der Waals surface area contributed by atoms with Crippen molar-refractivity contribution in [2.75, 3.05) is 13.7 Å². The van der Waals surface area contributed by atoms with E-state index in [0.717, 1.165) is 11.1 Å². The number of likely N-dealkylation sites (N-methyl/N-ethyl adjacent to an activating group) is 1. The fourth-order valence-corrected chi connectivity index (χ4v) is 4.33. The van der Waals surface area contributed by atoms with E-state index in [4.69, 9.17) is 4.74 Å². The smallest absolute Gasteiger partial charge is 0.0874 e. The molecule has 0 aliphatic heterocycles. The van der Waals surface area contributed by atoms with Crippen LogP contribution in [-0.4, -0.2) is 38.3 Å². The van der Waals surface area contributed by atoms with Crippen LogP contribution in [0.15, 0.2) is 42.5 Å². The maximum atomic E-state index is 9.54. The van der Waals surface area contributed by atoms with Gasteiger partial charge in [0.05, 0.1) is 39.1 Å². The highest BCUT2D eigenvalue weighted by molar-refractivity contribution is 6.78. The normalized spacial score (nSPS) is 14.4. The molecule has 1 aromatic rings. The van der Waals surface area contributed by atoms with Crippen LogP contribution in [0.3, 0.4) is 0 Å². The Morgan fingerprint density at radius 1 is 1.32 bits per heavy atom. The first-order valence-electron chi connectivity index (χ1n) is 7.66. The molecule has 120 valence electrons. The molecule has 3 nitrogen and oxygen atoms in total. The summed E-state index contributed by atoms with van der Waals surface area (Å²) in [4.78, 5) is 2.14. The van der Waals surface area contributed by atoms with Gasteiger partial charge in [-0.3, -0.25) is 4.90 Å². The van der Waals surface area contributed by atoms with Crippen LogP contribution in [0.1, 0.15) is 12.5 Å². The molecule has 2 unspecified atom stereocenters. The summed E-state index contributed by atoms with van der Waals surface area (Å²) >= 11 is 0. The molecule has 0 aromatic heterocycles. The maximum Gasteiger partial charge on any atom is 0.0874 e. The molecule has 0 N–H and O–H groups in total. The third-order valence-corrected chi connectivity index (χ3v) is 5.97. The third kappa shape index (κ3) is 5.41. The van der Waals surface area contributed by atoms with Crippen molar-refractivity contribution >= 4 is 8.07 Å². The molecule has 0 spiro atoms. The van der Waals surface area contributed by atoms with E-state index in [1.165, 1.54) is 0 Å². The minimum Gasteiger partial charge on any atom is -0.375 e. The number of benzene rings is 1. The minimum atomic E-state index is -1.59. The molecule has 0 fully saturated rings. The lowest BCUT2D eigenvalue weighted by atomic mass is 10.1. The van der Waals surface area contributed by atoms with Crippen LogP contribution in [0.25, 0.3) is 0 Å². The van der Waals surface area contributed by atoms with Gasteiger partial charge in [-0.2, -0.15) is 5.26 Å². The second-order valence-electron chi connectivity index (χ2n) is 6.93. The van der Waals surface area contributed by atoms with Crippen molar-refractivity contribution in [3.63, 3.8) is 0 Å². The first kappa shape index (κ1) is 18.6. The van der Waals surface area contributed by atoms with Gasteiger partial charge in [-0.1, -0.05) is 62.1 Å². The van der Waals surface area contributed by atoms with Crippen molar-refractivity contribution in [2.45, 2.75) is 44.9 Å². The van der Waals surface area contributed by atoms with Gasteiger partial charge in [-0.05, 0) is 19.5 Å². The van der Waals surface area contributed by atoms with Gasteiger partial charge >= 0.3 is 0 Å². The predicted octanol–water partition coefficient (Wildman–Crippen LogP) is 3.85. The Hall–Kier alpha value is -1.41. The fraction of sp³-hybridized carbons (Fsp3) is 0.500. The molecule has 4 heteroatoms. The lowest BCUT2D eigenvalue weighted by molar-refractivity contribution is 0.0724. The average Bonchev–Trinajstić information content (AvgIpc) is 2.43. The first-order valence-corrected chi connectivity index (χ1v) is 11.2. The van der Waals surface area contributed by atoms with E-state index < -0.39 is 8.07 Å². The number of nitrogens with zero attached hydrogens (tertiary/aromatic N) is 2. The van der Waals surface area contributed by atoms with E-state index in [9.17, 15) is 5.26 Å².